The van der Waals surface area contributed by atoms with Crippen molar-refractivity contribution in [3.8, 4) is 0 Å². The van der Waals surface area contributed by atoms with E-state index in [9.17, 15) is 4.79 Å². The second-order valence-corrected chi connectivity index (χ2v) is 6.07. The van der Waals surface area contributed by atoms with Crippen LogP contribution in [0.2, 0.25) is 0 Å². The van der Waals surface area contributed by atoms with Crippen molar-refractivity contribution in [3.05, 3.63) is 34.3 Å². The molecule has 104 valence electrons. The Morgan fingerprint density at radius 3 is 3.11 bits per heavy atom. The standard InChI is InChI=1S/C15H21BrN2O/c1-2-11-6-7-17-14(9-11)15(19)18-10-12-4-3-5-13(16)8-12/h3-5,8,11,14,17H,2,6-7,9-10H2,1H3,(H,18,19). The highest BCUT2D eigenvalue weighted by atomic mass is 79.9. The van der Waals surface area contributed by atoms with Gasteiger partial charge in [-0.2, -0.15) is 0 Å². The van der Waals surface area contributed by atoms with Gasteiger partial charge in [0.1, 0.15) is 0 Å². The van der Waals surface area contributed by atoms with Gasteiger partial charge in [0.25, 0.3) is 0 Å². The number of benzene rings is 1. The first-order chi connectivity index (χ1) is 9.19. The number of amides is 1. The Hall–Kier alpha value is -0.870. The SMILES string of the molecule is CCC1CCNC(C(=O)NCc2cccc(Br)c2)C1. The Morgan fingerprint density at radius 1 is 1.53 bits per heavy atom. The van der Waals surface area contributed by atoms with Gasteiger partial charge in [0.15, 0.2) is 0 Å². The lowest BCUT2D eigenvalue weighted by molar-refractivity contribution is -0.124. The Balaban J connectivity index is 1.84. The van der Waals surface area contributed by atoms with Crippen LogP contribution in [0.3, 0.4) is 0 Å². The number of carbonyl (C=O) groups excluding carboxylic acids is 1. The smallest absolute Gasteiger partial charge is 0.237 e. The monoisotopic (exact) mass is 324 g/mol. The summed E-state index contributed by atoms with van der Waals surface area (Å²) in [6.45, 7) is 3.74. The predicted octanol–water partition coefficient (Wildman–Crippen LogP) is 2.84. The van der Waals surface area contributed by atoms with Crippen molar-refractivity contribution in [3.63, 3.8) is 0 Å². The van der Waals surface area contributed by atoms with E-state index in [2.05, 4.69) is 33.5 Å². The van der Waals surface area contributed by atoms with Crippen LogP contribution in [0.1, 0.15) is 31.7 Å². The summed E-state index contributed by atoms with van der Waals surface area (Å²) in [7, 11) is 0. The first-order valence-electron chi connectivity index (χ1n) is 6.94. The van der Waals surface area contributed by atoms with Crippen molar-refractivity contribution in [1.29, 1.82) is 0 Å². The molecular formula is C15H21BrN2O. The molecule has 1 fully saturated rings. The van der Waals surface area contributed by atoms with E-state index in [0.717, 1.165) is 29.4 Å². The van der Waals surface area contributed by atoms with E-state index in [0.29, 0.717) is 12.5 Å². The molecule has 2 unspecified atom stereocenters. The van der Waals surface area contributed by atoms with Gasteiger partial charge in [0, 0.05) is 11.0 Å². The molecule has 4 heteroatoms. The zero-order chi connectivity index (χ0) is 13.7. The van der Waals surface area contributed by atoms with E-state index in [1.165, 1.54) is 6.42 Å². The second kappa shape index (κ2) is 7.06. The normalized spacial score (nSPS) is 23.1. The van der Waals surface area contributed by atoms with Gasteiger partial charge in [-0.25, -0.2) is 0 Å². The second-order valence-electron chi connectivity index (χ2n) is 5.15. The number of nitrogens with one attached hydrogen (secondary N) is 2. The van der Waals surface area contributed by atoms with Gasteiger partial charge in [-0.3, -0.25) is 4.79 Å². The third kappa shape index (κ3) is 4.32. The van der Waals surface area contributed by atoms with Crippen LogP contribution in [-0.2, 0) is 11.3 Å². The molecule has 0 radical (unpaired) electrons. The summed E-state index contributed by atoms with van der Waals surface area (Å²) in [6.07, 6.45) is 3.31. The molecule has 0 aromatic heterocycles. The summed E-state index contributed by atoms with van der Waals surface area (Å²) in [5.41, 5.74) is 1.12. The minimum Gasteiger partial charge on any atom is -0.351 e. The summed E-state index contributed by atoms with van der Waals surface area (Å²) in [4.78, 5) is 12.1. The summed E-state index contributed by atoms with van der Waals surface area (Å²) >= 11 is 3.44. The Kier molecular flexibility index (Phi) is 5.40. The lowest BCUT2D eigenvalue weighted by Gasteiger charge is -2.28. The number of piperidine rings is 1. The van der Waals surface area contributed by atoms with Gasteiger partial charge >= 0.3 is 0 Å². The number of carbonyl (C=O) groups is 1. The Morgan fingerprint density at radius 2 is 2.37 bits per heavy atom. The van der Waals surface area contributed by atoms with Gasteiger partial charge in [-0.05, 0) is 43.0 Å². The number of rotatable bonds is 4. The molecule has 0 saturated carbocycles. The molecule has 1 aromatic rings. The minimum absolute atomic E-state index is 0.0224. The highest BCUT2D eigenvalue weighted by Gasteiger charge is 2.25. The molecule has 1 aliphatic heterocycles. The molecule has 2 atom stereocenters. The van der Waals surface area contributed by atoms with E-state index in [1.54, 1.807) is 0 Å². The molecule has 0 spiro atoms. The van der Waals surface area contributed by atoms with E-state index in [1.807, 2.05) is 24.3 Å². The molecule has 1 amide bonds. The Labute approximate surface area is 123 Å². The molecular weight excluding hydrogens is 304 g/mol. The molecule has 1 saturated heterocycles. The van der Waals surface area contributed by atoms with Crippen molar-refractivity contribution >= 4 is 21.8 Å². The molecule has 1 heterocycles. The van der Waals surface area contributed by atoms with Gasteiger partial charge in [-0.1, -0.05) is 41.4 Å². The van der Waals surface area contributed by atoms with Crippen molar-refractivity contribution in [2.75, 3.05) is 6.54 Å². The van der Waals surface area contributed by atoms with Crippen molar-refractivity contribution < 1.29 is 4.79 Å². The first kappa shape index (κ1) is 14.5. The highest BCUT2D eigenvalue weighted by molar-refractivity contribution is 9.10. The van der Waals surface area contributed by atoms with Crippen LogP contribution in [0.4, 0.5) is 0 Å². The summed E-state index contributed by atoms with van der Waals surface area (Å²) in [5.74, 6) is 0.806. The molecule has 19 heavy (non-hydrogen) atoms. The van der Waals surface area contributed by atoms with E-state index < -0.39 is 0 Å². The fraction of sp³-hybridized carbons (Fsp3) is 0.533. The molecule has 1 aliphatic rings. The zero-order valence-corrected chi connectivity index (χ0v) is 12.9. The molecule has 0 aliphatic carbocycles. The lowest BCUT2D eigenvalue weighted by Crippen LogP contribution is -2.48. The van der Waals surface area contributed by atoms with Crippen LogP contribution in [0.5, 0.6) is 0 Å². The average Bonchev–Trinajstić information content (AvgIpc) is 2.45. The minimum atomic E-state index is -0.0224. The number of hydrogen-bond acceptors (Lipinski definition) is 2. The molecule has 2 N–H and O–H groups in total. The summed E-state index contributed by atoms with van der Waals surface area (Å²) in [5, 5.41) is 6.33. The fourth-order valence-electron chi connectivity index (χ4n) is 2.53. The fourth-order valence-corrected chi connectivity index (χ4v) is 2.97. The predicted molar refractivity (Wildman–Crippen MR) is 80.8 cm³/mol. The van der Waals surface area contributed by atoms with Gasteiger partial charge in [0.05, 0.1) is 6.04 Å². The molecule has 1 aromatic carbocycles. The van der Waals surface area contributed by atoms with E-state index in [-0.39, 0.29) is 11.9 Å². The Bertz CT molecular complexity index is 436. The summed E-state index contributed by atoms with van der Waals surface area (Å²) < 4.78 is 1.04. The zero-order valence-electron chi connectivity index (χ0n) is 11.3. The van der Waals surface area contributed by atoms with Crippen LogP contribution in [0, 0.1) is 5.92 Å². The topological polar surface area (TPSA) is 41.1 Å². The summed E-state index contributed by atoms with van der Waals surface area (Å²) in [6, 6.07) is 8.00. The molecule has 3 nitrogen and oxygen atoms in total. The maximum Gasteiger partial charge on any atom is 0.237 e. The van der Waals surface area contributed by atoms with E-state index in [4.69, 9.17) is 0 Å². The first-order valence-corrected chi connectivity index (χ1v) is 7.74. The third-order valence-electron chi connectivity index (χ3n) is 3.76. The van der Waals surface area contributed by atoms with Crippen molar-refractivity contribution in [1.82, 2.24) is 10.6 Å². The third-order valence-corrected chi connectivity index (χ3v) is 4.26. The van der Waals surface area contributed by atoms with Crippen LogP contribution < -0.4 is 10.6 Å². The van der Waals surface area contributed by atoms with Crippen molar-refractivity contribution in [2.45, 2.75) is 38.8 Å². The maximum atomic E-state index is 12.1. The quantitative estimate of drug-likeness (QED) is 0.894. The number of halogens is 1. The van der Waals surface area contributed by atoms with Crippen LogP contribution in [-0.4, -0.2) is 18.5 Å². The number of hydrogen-bond donors (Lipinski definition) is 2. The van der Waals surface area contributed by atoms with Gasteiger partial charge in [-0.15, -0.1) is 0 Å². The maximum absolute atomic E-state index is 12.1. The van der Waals surface area contributed by atoms with Crippen molar-refractivity contribution in [2.24, 2.45) is 5.92 Å². The van der Waals surface area contributed by atoms with Gasteiger partial charge in [0.2, 0.25) is 5.91 Å². The van der Waals surface area contributed by atoms with Crippen LogP contribution >= 0.6 is 15.9 Å². The lowest BCUT2D eigenvalue weighted by atomic mass is 9.90. The van der Waals surface area contributed by atoms with Crippen LogP contribution in [0.25, 0.3) is 0 Å². The highest BCUT2D eigenvalue weighted by Crippen LogP contribution is 2.19. The molecule has 2 rings (SSSR count). The average molecular weight is 325 g/mol. The van der Waals surface area contributed by atoms with Gasteiger partial charge < -0.3 is 10.6 Å². The molecule has 0 bridgehead atoms. The van der Waals surface area contributed by atoms with Crippen LogP contribution in [0.15, 0.2) is 28.7 Å². The van der Waals surface area contributed by atoms with E-state index >= 15 is 0 Å². The largest absolute Gasteiger partial charge is 0.351 e.